The minimum absolute atomic E-state index is 0.337. The van der Waals surface area contributed by atoms with Crippen LogP contribution in [0.3, 0.4) is 0 Å². The zero-order valence-electron chi connectivity index (χ0n) is 13.2. The van der Waals surface area contributed by atoms with Gasteiger partial charge in [-0.1, -0.05) is 13.3 Å². The third-order valence-electron chi connectivity index (χ3n) is 4.84. The van der Waals surface area contributed by atoms with Gasteiger partial charge in [0.05, 0.1) is 6.10 Å². The van der Waals surface area contributed by atoms with E-state index in [1.54, 1.807) is 0 Å². The van der Waals surface area contributed by atoms with Gasteiger partial charge in [-0.15, -0.1) is 0 Å². The molecule has 3 nitrogen and oxygen atoms in total. The van der Waals surface area contributed by atoms with Crippen molar-refractivity contribution in [3.05, 3.63) is 0 Å². The van der Waals surface area contributed by atoms with Crippen LogP contribution in [0.25, 0.3) is 0 Å². The third-order valence-corrected chi connectivity index (χ3v) is 4.84. The van der Waals surface area contributed by atoms with Gasteiger partial charge in [-0.3, -0.25) is 4.79 Å². The Morgan fingerprint density at radius 2 is 2.20 bits per heavy atom. The molecular weight excluding hydrogens is 252 g/mol. The highest BCUT2D eigenvalue weighted by Crippen LogP contribution is 2.37. The van der Waals surface area contributed by atoms with E-state index in [4.69, 9.17) is 9.47 Å². The second-order valence-corrected chi connectivity index (χ2v) is 6.58. The van der Waals surface area contributed by atoms with Crippen LogP contribution in [-0.2, 0) is 14.3 Å². The Labute approximate surface area is 123 Å². The van der Waals surface area contributed by atoms with E-state index in [0.717, 1.165) is 38.7 Å². The summed E-state index contributed by atoms with van der Waals surface area (Å²) in [7, 11) is 0. The second kappa shape index (κ2) is 7.56. The van der Waals surface area contributed by atoms with Crippen LogP contribution >= 0.6 is 0 Å². The standard InChI is InChI=1S/C17H30O3/c1-3-20-17(11-5-7-14(2)13-17)16(18)10-4-8-15-9-6-12-19-15/h14-15H,3-13H2,1-2H3. The van der Waals surface area contributed by atoms with E-state index in [1.807, 2.05) is 6.92 Å². The molecule has 3 heteroatoms. The maximum atomic E-state index is 12.7. The van der Waals surface area contributed by atoms with Crippen molar-refractivity contribution in [3.8, 4) is 0 Å². The van der Waals surface area contributed by atoms with Crippen LogP contribution in [0.1, 0.15) is 71.6 Å². The van der Waals surface area contributed by atoms with Crippen molar-refractivity contribution in [2.45, 2.75) is 83.3 Å². The van der Waals surface area contributed by atoms with E-state index < -0.39 is 5.60 Å². The molecule has 0 spiro atoms. The van der Waals surface area contributed by atoms with Gasteiger partial charge in [0.15, 0.2) is 5.78 Å². The molecule has 2 aliphatic rings. The summed E-state index contributed by atoms with van der Waals surface area (Å²) in [5.74, 6) is 0.946. The molecule has 3 atom stereocenters. The van der Waals surface area contributed by atoms with Gasteiger partial charge in [-0.2, -0.15) is 0 Å². The Bertz CT molecular complexity index is 305. The fourth-order valence-electron chi connectivity index (χ4n) is 3.83. The van der Waals surface area contributed by atoms with Crippen LogP contribution < -0.4 is 0 Å². The van der Waals surface area contributed by atoms with Gasteiger partial charge in [-0.05, 0) is 57.8 Å². The van der Waals surface area contributed by atoms with Gasteiger partial charge in [0.2, 0.25) is 0 Å². The first-order valence-corrected chi connectivity index (χ1v) is 8.45. The van der Waals surface area contributed by atoms with Gasteiger partial charge in [0, 0.05) is 19.6 Å². The zero-order valence-corrected chi connectivity index (χ0v) is 13.2. The lowest BCUT2D eigenvalue weighted by Crippen LogP contribution is -2.45. The molecule has 3 unspecified atom stereocenters. The zero-order chi connectivity index (χ0) is 14.4. The Balaban J connectivity index is 1.82. The molecule has 116 valence electrons. The number of carbonyl (C=O) groups excluding carboxylic acids is 1. The highest BCUT2D eigenvalue weighted by molar-refractivity contribution is 5.87. The smallest absolute Gasteiger partial charge is 0.164 e. The topological polar surface area (TPSA) is 35.5 Å². The molecule has 0 aromatic carbocycles. The number of rotatable bonds is 7. The molecule has 0 radical (unpaired) electrons. The van der Waals surface area contributed by atoms with Crippen molar-refractivity contribution in [1.82, 2.24) is 0 Å². The fourth-order valence-corrected chi connectivity index (χ4v) is 3.83. The van der Waals surface area contributed by atoms with Crippen LogP contribution in [0.5, 0.6) is 0 Å². The van der Waals surface area contributed by atoms with E-state index in [-0.39, 0.29) is 0 Å². The highest BCUT2D eigenvalue weighted by Gasteiger charge is 2.41. The predicted molar refractivity (Wildman–Crippen MR) is 79.8 cm³/mol. The second-order valence-electron chi connectivity index (χ2n) is 6.58. The Kier molecular flexibility index (Phi) is 6.03. The van der Waals surface area contributed by atoms with Gasteiger partial charge >= 0.3 is 0 Å². The summed E-state index contributed by atoms with van der Waals surface area (Å²) in [6, 6.07) is 0. The lowest BCUT2D eigenvalue weighted by Gasteiger charge is -2.38. The fraction of sp³-hybridized carbons (Fsp3) is 0.941. The number of carbonyl (C=O) groups is 1. The van der Waals surface area contributed by atoms with Crippen molar-refractivity contribution >= 4 is 5.78 Å². The minimum Gasteiger partial charge on any atom is -0.378 e. The summed E-state index contributed by atoms with van der Waals surface area (Å²) in [4.78, 5) is 12.7. The molecule has 2 fully saturated rings. The molecule has 1 saturated heterocycles. The molecule has 2 rings (SSSR count). The molecule has 1 aliphatic carbocycles. The van der Waals surface area contributed by atoms with E-state index in [0.29, 0.717) is 30.8 Å². The first kappa shape index (κ1) is 16.0. The van der Waals surface area contributed by atoms with Gasteiger partial charge in [-0.25, -0.2) is 0 Å². The van der Waals surface area contributed by atoms with Crippen LogP contribution in [0, 0.1) is 5.92 Å². The van der Waals surface area contributed by atoms with Crippen LogP contribution in [0.2, 0.25) is 0 Å². The maximum Gasteiger partial charge on any atom is 0.164 e. The summed E-state index contributed by atoms with van der Waals surface area (Å²) >= 11 is 0. The summed E-state index contributed by atoms with van der Waals surface area (Å²) in [5.41, 5.74) is -0.469. The molecule has 0 N–H and O–H groups in total. The van der Waals surface area contributed by atoms with Crippen LogP contribution in [0.15, 0.2) is 0 Å². The molecular formula is C17H30O3. The summed E-state index contributed by atoms with van der Waals surface area (Å²) in [5, 5.41) is 0. The molecule has 1 saturated carbocycles. The highest BCUT2D eigenvalue weighted by atomic mass is 16.5. The van der Waals surface area contributed by atoms with Gasteiger partial charge in [0.1, 0.15) is 5.60 Å². The average Bonchev–Trinajstić information content (AvgIpc) is 2.92. The van der Waals surface area contributed by atoms with Crippen molar-refractivity contribution in [2.75, 3.05) is 13.2 Å². The molecule has 20 heavy (non-hydrogen) atoms. The van der Waals surface area contributed by atoms with Gasteiger partial charge < -0.3 is 9.47 Å². The van der Waals surface area contributed by atoms with Crippen LogP contribution in [-0.4, -0.2) is 30.7 Å². The van der Waals surface area contributed by atoms with Crippen LogP contribution in [0.4, 0.5) is 0 Å². The Morgan fingerprint density at radius 3 is 2.85 bits per heavy atom. The quantitative estimate of drug-likeness (QED) is 0.710. The van der Waals surface area contributed by atoms with E-state index in [1.165, 1.54) is 19.3 Å². The summed E-state index contributed by atoms with van der Waals surface area (Å²) in [6.07, 6.45) is 9.58. The van der Waals surface area contributed by atoms with Crippen molar-refractivity contribution in [3.63, 3.8) is 0 Å². The normalized spacial score (nSPS) is 34.3. The average molecular weight is 282 g/mol. The van der Waals surface area contributed by atoms with E-state index >= 15 is 0 Å². The number of hydrogen-bond acceptors (Lipinski definition) is 3. The van der Waals surface area contributed by atoms with Crippen molar-refractivity contribution < 1.29 is 14.3 Å². The van der Waals surface area contributed by atoms with Crippen molar-refractivity contribution in [1.29, 1.82) is 0 Å². The van der Waals surface area contributed by atoms with E-state index in [2.05, 4.69) is 6.92 Å². The maximum absolute atomic E-state index is 12.7. The monoisotopic (exact) mass is 282 g/mol. The molecule has 1 aliphatic heterocycles. The predicted octanol–water partition coefficient (Wildman–Crippen LogP) is 3.89. The Morgan fingerprint density at radius 1 is 1.35 bits per heavy atom. The molecule has 0 amide bonds. The minimum atomic E-state index is -0.469. The number of ketones is 1. The van der Waals surface area contributed by atoms with Gasteiger partial charge in [0.25, 0.3) is 0 Å². The molecule has 0 aromatic heterocycles. The molecule has 1 heterocycles. The number of hydrogen-bond donors (Lipinski definition) is 0. The lowest BCUT2D eigenvalue weighted by molar-refractivity contribution is -0.151. The van der Waals surface area contributed by atoms with E-state index in [9.17, 15) is 4.79 Å². The first-order valence-electron chi connectivity index (χ1n) is 8.45. The molecule has 0 bridgehead atoms. The lowest BCUT2D eigenvalue weighted by atomic mass is 9.75. The third kappa shape index (κ3) is 4.05. The first-order chi connectivity index (χ1) is 9.66. The largest absolute Gasteiger partial charge is 0.378 e. The summed E-state index contributed by atoms with van der Waals surface area (Å²) in [6.45, 7) is 5.79. The summed E-state index contributed by atoms with van der Waals surface area (Å²) < 4.78 is 11.6. The number of ether oxygens (including phenoxy) is 2. The Hall–Kier alpha value is -0.410. The van der Waals surface area contributed by atoms with Crippen molar-refractivity contribution in [2.24, 2.45) is 5.92 Å². The number of Topliss-reactive ketones (excluding diaryl/α,β-unsaturated/α-hetero) is 1. The molecule has 0 aromatic rings. The SMILES string of the molecule is CCOC1(C(=O)CCCC2CCCO2)CCCC(C)C1.